The van der Waals surface area contributed by atoms with Crippen molar-refractivity contribution in [1.82, 2.24) is 0 Å². The van der Waals surface area contributed by atoms with Crippen LogP contribution in [0.25, 0.3) is 0 Å². The smallest absolute Gasteiger partial charge is 0.172 e. The largest absolute Gasteiger partial charge is 0.488 e. The molecule has 1 aromatic carbocycles. The summed E-state index contributed by atoms with van der Waals surface area (Å²) in [6.07, 6.45) is 2.38. The zero-order chi connectivity index (χ0) is 15.0. The van der Waals surface area contributed by atoms with E-state index < -0.39 is 5.79 Å². The molecule has 1 heterocycles. The maximum Gasteiger partial charge on any atom is 0.172 e. The molecule has 1 saturated carbocycles. The first-order valence-corrected chi connectivity index (χ1v) is 7.77. The number of hydrogen-bond donors (Lipinski definition) is 1. The maximum atomic E-state index is 6.27. The Morgan fingerprint density at radius 3 is 2.62 bits per heavy atom. The van der Waals surface area contributed by atoms with Crippen LogP contribution in [0.15, 0.2) is 12.1 Å². The summed E-state index contributed by atoms with van der Waals surface area (Å²) in [6.45, 7) is 7.64. The lowest BCUT2D eigenvalue weighted by atomic mass is 9.88. The van der Waals surface area contributed by atoms with Crippen LogP contribution in [0.2, 0.25) is 0 Å². The van der Waals surface area contributed by atoms with E-state index in [4.69, 9.17) is 19.9 Å². The van der Waals surface area contributed by atoms with Crippen LogP contribution in [0.5, 0.6) is 5.75 Å². The quantitative estimate of drug-likeness (QED) is 0.910. The third-order valence-electron chi connectivity index (χ3n) is 4.70. The molecule has 2 aliphatic rings. The van der Waals surface area contributed by atoms with Crippen LogP contribution < -0.4 is 10.5 Å². The molecule has 2 N–H and O–H groups in total. The van der Waals surface area contributed by atoms with Crippen molar-refractivity contribution in [2.45, 2.75) is 58.0 Å². The summed E-state index contributed by atoms with van der Waals surface area (Å²) in [5.41, 5.74) is 9.91. The Morgan fingerprint density at radius 2 is 1.90 bits per heavy atom. The van der Waals surface area contributed by atoms with Crippen LogP contribution in [0.1, 0.15) is 36.0 Å². The van der Waals surface area contributed by atoms with Crippen molar-refractivity contribution in [2.75, 3.05) is 13.2 Å². The average Bonchev–Trinajstić information content (AvgIpc) is 2.88. The van der Waals surface area contributed by atoms with Gasteiger partial charge in [-0.3, -0.25) is 0 Å². The summed E-state index contributed by atoms with van der Waals surface area (Å²) in [7, 11) is 0. The van der Waals surface area contributed by atoms with Crippen LogP contribution in [-0.4, -0.2) is 31.1 Å². The molecule has 2 unspecified atom stereocenters. The first-order chi connectivity index (χ1) is 9.99. The van der Waals surface area contributed by atoms with Crippen molar-refractivity contribution >= 4 is 0 Å². The highest BCUT2D eigenvalue weighted by atomic mass is 16.7. The standard InChI is InChI=1S/C17H25NO3/c1-11-8-12(2)13(3)15(9-11)21-16-10-17(5-4-14(16)18)19-6-7-20-17/h8-9,14,16H,4-7,10,18H2,1-3H3. The van der Waals surface area contributed by atoms with Crippen LogP contribution in [0.3, 0.4) is 0 Å². The Bertz CT molecular complexity index is 523. The Balaban J connectivity index is 1.79. The molecule has 0 amide bonds. The number of aryl methyl sites for hydroxylation is 2. The predicted octanol–water partition coefficient (Wildman–Crippen LogP) is 2.61. The molecule has 3 rings (SSSR count). The molecule has 0 aromatic heterocycles. The van der Waals surface area contributed by atoms with Crippen LogP contribution in [-0.2, 0) is 9.47 Å². The van der Waals surface area contributed by atoms with Crippen molar-refractivity contribution in [1.29, 1.82) is 0 Å². The third-order valence-corrected chi connectivity index (χ3v) is 4.70. The van der Waals surface area contributed by atoms with E-state index in [-0.39, 0.29) is 12.1 Å². The molecule has 116 valence electrons. The molecule has 21 heavy (non-hydrogen) atoms. The van der Waals surface area contributed by atoms with Gasteiger partial charge in [0, 0.05) is 18.9 Å². The predicted molar refractivity (Wildman–Crippen MR) is 81.5 cm³/mol. The Kier molecular flexibility index (Phi) is 3.95. The number of ether oxygens (including phenoxy) is 3. The second kappa shape index (κ2) is 5.59. The molecule has 1 saturated heterocycles. The minimum Gasteiger partial charge on any atom is -0.488 e. The van der Waals surface area contributed by atoms with Gasteiger partial charge in [-0.1, -0.05) is 6.07 Å². The molecule has 4 heteroatoms. The topological polar surface area (TPSA) is 53.7 Å². The van der Waals surface area contributed by atoms with Gasteiger partial charge in [0.1, 0.15) is 11.9 Å². The average molecular weight is 291 g/mol. The Hall–Kier alpha value is -1.10. The van der Waals surface area contributed by atoms with Crippen molar-refractivity contribution < 1.29 is 14.2 Å². The fraction of sp³-hybridized carbons (Fsp3) is 0.647. The second-order valence-corrected chi connectivity index (χ2v) is 6.38. The number of rotatable bonds is 2. The zero-order valence-electron chi connectivity index (χ0n) is 13.1. The fourth-order valence-electron chi connectivity index (χ4n) is 3.31. The second-order valence-electron chi connectivity index (χ2n) is 6.38. The van der Waals surface area contributed by atoms with Crippen molar-refractivity contribution in [3.8, 4) is 5.75 Å². The van der Waals surface area contributed by atoms with E-state index in [0.717, 1.165) is 18.6 Å². The molecular weight excluding hydrogens is 266 g/mol. The molecule has 1 aliphatic heterocycles. The van der Waals surface area contributed by atoms with E-state index in [1.165, 1.54) is 16.7 Å². The minimum absolute atomic E-state index is 0.0312. The number of nitrogens with two attached hydrogens (primary N) is 1. The molecule has 0 bridgehead atoms. The normalized spacial score (nSPS) is 28.0. The van der Waals surface area contributed by atoms with E-state index in [9.17, 15) is 0 Å². The van der Waals surface area contributed by atoms with Gasteiger partial charge in [0.05, 0.1) is 13.2 Å². The van der Waals surface area contributed by atoms with E-state index in [1.54, 1.807) is 0 Å². The number of benzene rings is 1. The van der Waals surface area contributed by atoms with Crippen LogP contribution >= 0.6 is 0 Å². The summed E-state index contributed by atoms with van der Waals surface area (Å²) < 4.78 is 17.9. The summed E-state index contributed by atoms with van der Waals surface area (Å²) in [4.78, 5) is 0. The molecule has 1 aliphatic carbocycles. The summed E-state index contributed by atoms with van der Waals surface area (Å²) >= 11 is 0. The lowest BCUT2D eigenvalue weighted by molar-refractivity contribution is -0.195. The van der Waals surface area contributed by atoms with Gasteiger partial charge >= 0.3 is 0 Å². The SMILES string of the molecule is Cc1cc(C)c(C)c(OC2CC3(CCC2N)OCCO3)c1. The fourth-order valence-corrected chi connectivity index (χ4v) is 3.31. The highest BCUT2D eigenvalue weighted by Gasteiger charge is 2.45. The molecule has 2 fully saturated rings. The van der Waals surface area contributed by atoms with Gasteiger partial charge in [-0.05, 0) is 49.9 Å². The third kappa shape index (κ3) is 2.93. The van der Waals surface area contributed by atoms with Crippen molar-refractivity contribution in [3.05, 3.63) is 28.8 Å². The summed E-state index contributed by atoms with van der Waals surface area (Å²) in [5, 5.41) is 0. The summed E-state index contributed by atoms with van der Waals surface area (Å²) in [6, 6.07) is 4.30. The lowest BCUT2D eigenvalue weighted by Gasteiger charge is -2.39. The zero-order valence-corrected chi connectivity index (χ0v) is 13.1. The highest BCUT2D eigenvalue weighted by molar-refractivity contribution is 5.42. The van der Waals surface area contributed by atoms with E-state index in [1.807, 2.05) is 0 Å². The Labute approximate surface area is 126 Å². The first kappa shape index (κ1) is 14.8. The summed E-state index contributed by atoms with van der Waals surface area (Å²) in [5.74, 6) is 0.468. The molecule has 1 aromatic rings. The van der Waals surface area contributed by atoms with Crippen LogP contribution in [0.4, 0.5) is 0 Å². The maximum absolute atomic E-state index is 6.27. The highest BCUT2D eigenvalue weighted by Crippen LogP contribution is 2.37. The van der Waals surface area contributed by atoms with E-state index in [0.29, 0.717) is 19.6 Å². The molecule has 2 atom stereocenters. The van der Waals surface area contributed by atoms with Gasteiger partial charge in [0.25, 0.3) is 0 Å². The minimum atomic E-state index is -0.465. The lowest BCUT2D eigenvalue weighted by Crippen LogP contribution is -2.51. The van der Waals surface area contributed by atoms with E-state index in [2.05, 4.69) is 32.9 Å². The van der Waals surface area contributed by atoms with Gasteiger partial charge in [0.2, 0.25) is 0 Å². The van der Waals surface area contributed by atoms with Gasteiger partial charge in [0.15, 0.2) is 5.79 Å². The monoisotopic (exact) mass is 291 g/mol. The van der Waals surface area contributed by atoms with E-state index >= 15 is 0 Å². The molecule has 1 spiro atoms. The Morgan fingerprint density at radius 1 is 1.19 bits per heavy atom. The van der Waals surface area contributed by atoms with Crippen molar-refractivity contribution in [3.63, 3.8) is 0 Å². The first-order valence-electron chi connectivity index (χ1n) is 7.77. The number of hydrogen-bond acceptors (Lipinski definition) is 4. The van der Waals surface area contributed by atoms with Gasteiger partial charge in [-0.25, -0.2) is 0 Å². The van der Waals surface area contributed by atoms with Gasteiger partial charge in [-0.2, -0.15) is 0 Å². The van der Waals surface area contributed by atoms with Crippen LogP contribution in [0, 0.1) is 20.8 Å². The molecular formula is C17H25NO3. The van der Waals surface area contributed by atoms with Gasteiger partial charge in [-0.15, -0.1) is 0 Å². The molecule has 4 nitrogen and oxygen atoms in total. The van der Waals surface area contributed by atoms with Gasteiger partial charge < -0.3 is 19.9 Å². The molecule has 0 radical (unpaired) electrons. The van der Waals surface area contributed by atoms with Crippen molar-refractivity contribution in [2.24, 2.45) is 5.73 Å².